The van der Waals surface area contributed by atoms with E-state index in [1.54, 1.807) is 18.0 Å². The van der Waals surface area contributed by atoms with Gasteiger partial charge in [0, 0.05) is 13.6 Å². The van der Waals surface area contributed by atoms with Gasteiger partial charge < -0.3 is 20.1 Å². The molecule has 0 atom stereocenters. The molecule has 0 spiro atoms. The lowest BCUT2D eigenvalue weighted by molar-refractivity contribution is -0.133. The van der Waals surface area contributed by atoms with Crippen LogP contribution in [-0.4, -0.2) is 44.2 Å². The number of rotatable bonds is 8. The predicted molar refractivity (Wildman–Crippen MR) is 90.8 cm³/mol. The van der Waals surface area contributed by atoms with Crippen molar-refractivity contribution in [2.24, 2.45) is 11.1 Å². The molecule has 1 aromatic carbocycles. The van der Waals surface area contributed by atoms with E-state index in [-0.39, 0.29) is 30.3 Å². The Kier molecular flexibility index (Phi) is 8.90. The molecule has 0 aliphatic heterocycles. The third kappa shape index (κ3) is 6.54. The molecule has 0 fully saturated rings. The normalized spacial score (nSPS) is 10.6. The first-order valence-corrected chi connectivity index (χ1v) is 7.18. The number of halogens is 1. The van der Waals surface area contributed by atoms with Crippen molar-refractivity contribution in [1.82, 2.24) is 4.90 Å². The van der Waals surface area contributed by atoms with Crippen LogP contribution >= 0.6 is 12.4 Å². The van der Waals surface area contributed by atoms with Crippen LogP contribution in [0.1, 0.15) is 20.8 Å². The van der Waals surface area contributed by atoms with Gasteiger partial charge in [-0.2, -0.15) is 0 Å². The van der Waals surface area contributed by atoms with Crippen molar-refractivity contribution in [3.8, 4) is 11.5 Å². The minimum absolute atomic E-state index is 0. The number of hydrogen-bond donors (Lipinski definition) is 1. The highest BCUT2D eigenvalue weighted by atomic mass is 35.5. The number of nitrogens with zero attached hydrogens (tertiary/aromatic N) is 1. The second kappa shape index (κ2) is 9.54. The summed E-state index contributed by atoms with van der Waals surface area (Å²) in [5, 5.41) is 0. The highest BCUT2D eigenvalue weighted by Gasteiger charge is 2.21. The van der Waals surface area contributed by atoms with E-state index in [1.165, 1.54) is 0 Å². The van der Waals surface area contributed by atoms with Crippen LogP contribution in [0.2, 0.25) is 0 Å². The summed E-state index contributed by atoms with van der Waals surface area (Å²) in [6.07, 6.45) is 0. The van der Waals surface area contributed by atoms with E-state index >= 15 is 0 Å². The molecular weight excluding hydrogens is 304 g/mol. The molecule has 1 amide bonds. The van der Waals surface area contributed by atoms with E-state index in [0.717, 1.165) is 0 Å². The zero-order chi connectivity index (χ0) is 15.9. The van der Waals surface area contributed by atoms with E-state index in [9.17, 15) is 4.79 Å². The average molecular weight is 331 g/mol. The molecule has 6 heteroatoms. The summed E-state index contributed by atoms with van der Waals surface area (Å²) in [6, 6.07) is 7.34. The molecule has 2 N–H and O–H groups in total. The van der Waals surface area contributed by atoms with Crippen molar-refractivity contribution in [3.05, 3.63) is 24.3 Å². The summed E-state index contributed by atoms with van der Waals surface area (Å²) in [6.45, 7) is 7.63. The maximum Gasteiger partial charge on any atom is 0.260 e. The second-order valence-corrected chi connectivity index (χ2v) is 5.79. The molecule has 1 rings (SSSR count). The zero-order valence-electron chi connectivity index (χ0n) is 13.8. The quantitative estimate of drug-likeness (QED) is 0.794. The summed E-state index contributed by atoms with van der Waals surface area (Å²) in [5.41, 5.74) is 5.58. The molecule has 0 aliphatic carbocycles. The monoisotopic (exact) mass is 330 g/mol. The van der Waals surface area contributed by atoms with Gasteiger partial charge in [-0.25, -0.2) is 0 Å². The van der Waals surface area contributed by atoms with Crippen LogP contribution in [0.25, 0.3) is 0 Å². The number of likely N-dealkylation sites (N-methyl/N-ethyl adjacent to an activating group) is 1. The van der Waals surface area contributed by atoms with Crippen LogP contribution in [-0.2, 0) is 4.79 Å². The highest BCUT2D eigenvalue weighted by Crippen LogP contribution is 2.26. The molecule has 0 saturated carbocycles. The smallest absolute Gasteiger partial charge is 0.260 e. The lowest BCUT2D eigenvalue weighted by Crippen LogP contribution is -2.41. The SMILES string of the molecule is CCOc1ccccc1OCC(=O)N(C)CC(C)(C)CN.Cl. The Balaban J connectivity index is 0.00000441. The highest BCUT2D eigenvalue weighted by molar-refractivity contribution is 5.85. The number of hydrogen-bond acceptors (Lipinski definition) is 4. The Morgan fingerprint density at radius 2 is 1.77 bits per heavy atom. The van der Waals surface area contributed by atoms with Crippen molar-refractivity contribution in [3.63, 3.8) is 0 Å². The van der Waals surface area contributed by atoms with Crippen LogP contribution in [0.5, 0.6) is 11.5 Å². The molecule has 22 heavy (non-hydrogen) atoms. The minimum Gasteiger partial charge on any atom is -0.490 e. The molecule has 0 radical (unpaired) electrons. The lowest BCUT2D eigenvalue weighted by Gasteiger charge is -2.29. The van der Waals surface area contributed by atoms with E-state index in [4.69, 9.17) is 15.2 Å². The number of para-hydroxylation sites is 2. The van der Waals surface area contributed by atoms with Gasteiger partial charge in [0.1, 0.15) is 0 Å². The van der Waals surface area contributed by atoms with Crippen molar-refractivity contribution in [2.45, 2.75) is 20.8 Å². The molecule has 1 aromatic rings. The number of nitrogens with two attached hydrogens (primary N) is 1. The van der Waals surface area contributed by atoms with Crippen molar-refractivity contribution in [1.29, 1.82) is 0 Å². The summed E-state index contributed by atoms with van der Waals surface area (Å²) in [4.78, 5) is 13.7. The van der Waals surface area contributed by atoms with Crippen LogP contribution in [0, 0.1) is 5.41 Å². The van der Waals surface area contributed by atoms with Crippen LogP contribution < -0.4 is 15.2 Å². The Bertz CT molecular complexity index is 466. The van der Waals surface area contributed by atoms with Gasteiger partial charge in [0.2, 0.25) is 0 Å². The third-order valence-electron chi connectivity index (χ3n) is 3.14. The van der Waals surface area contributed by atoms with Gasteiger partial charge in [-0.1, -0.05) is 26.0 Å². The molecule has 126 valence electrons. The average Bonchev–Trinajstić information content (AvgIpc) is 2.46. The van der Waals surface area contributed by atoms with Crippen molar-refractivity contribution in [2.75, 3.05) is 33.4 Å². The fourth-order valence-electron chi connectivity index (χ4n) is 1.89. The second-order valence-electron chi connectivity index (χ2n) is 5.79. The van der Waals surface area contributed by atoms with Gasteiger partial charge >= 0.3 is 0 Å². The van der Waals surface area contributed by atoms with Gasteiger partial charge in [-0.15, -0.1) is 12.4 Å². The van der Waals surface area contributed by atoms with Crippen LogP contribution in [0.3, 0.4) is 0 Å². The molecule has 0 saturated heterocycles. The fraction of sp³-hybridized carbons (Fsp3) is 0.562. The molecular formula is C16H27ClN2O3. The third-order valence-corrected chi connectivity index (χ3v) is 3.14. The molecule has 0 bridgehead atoms. The van der Waals surface area contributed by atoms with Crippen LogP contribution in [0.4, 0.5) is 0 Å². The van der Waals surface area contributed by atoms with Gasteiger partial charge in [0.05, 0.1) is 6.61 Å². The Hall–Kier alpha value is -1.46. The fourth-order valence-corrected chi connectivity index (χ4v) is 1.89. The minimum atomic E-state index is -0.104. The Morgan fingerprint density at radius 1 is 1.23 bits per heavy atom. The van der Waals surface area contributed by atoms with E-state index in [1.807, 2.05) is 39.0 Å². The Morgan fingerprint density at radius 3 is 2.27 bits per heavy atom. The zero-order valence-corrected chi connectivity index (χ0v) is 14.6. The summed E-state index contributed by atoms with van der Waals surface area (Å²) in [5.74, 6) is 1.15. The topological polar surface area (TPSA) is 64.8 Å². The van der Waals surface area contributed by atoms with E-state index in [2.05, 4.69) is 0 Å². The maximum atomic E-state index is 12.1. The van der Waals surface area contributed by atoms with Gasteiger partial charge in [0.15, 0.2) is 18.1 Å². The molecule has 0 unspecified atom stereocenters. The summed E-state index contributed by atoms with van der Waals surface area (Å²) >= 11 is 0. The van der Waals surface area contributed by atoms with Crippen molar-refractivity contribution < 1.29 is 14.3 Å². The van der Waals surface area contributed by atoms with E-state index < -0.39 is 0 Å². The molecule has 0 aromatic heterocycles. The standard InChI is InChI=1S/C16H26N2O3.ClH/c1-5-20-13-8-6-7-9-14(13)21-10-15(19)18(4)12-16(2,3)11-17;/h6-9H,5,10-12,17H2,1-4H3;1H. The molecule has 5 nitrogen and oxygen atoms in total. The summed E-state index contributed by atoms with van der Waals surface area (Å²) in [7, 11) is 1.76. The summed E-state index contributed by atoms with van der Waals surface area (Å²) < 4.78 is 11.0. The van der Waals surface area contributed by atoms with E-state index in [0.29, 0.717) is 31.2 Å². The first-order chi connectivity index (χ1) is 9.89. The van der Waals surface area contributed by atoms with Crippen LogP contribution in [0.15, 0.2) is 24.3 Å². The number of carbonyl (C=O) groups is 1. The Labute approximate surface area is 139 Å². The lowest BCUT2D eigenvalue weighted by atomic mass is 9.93. The maximum absolute atomic E-state index is 12.1. The molecule has 0 heterocycles. The van der Waals surface area contributed by atoms with Gasteiger partial charge in [-0.05, 0) is 31.0 Å². The van der Waals surface area contributed by atoms with Gasteiger partial charge in [-0.3, -0.25) is 4.79 Å². The van der Waals surface area contributed by atoms with Crippen molar-refractivity contribution >= 4 is 18.3 Å². The first kappa shape index (κ1) is 20.5. The number of ether oxygens (including phenoxy) is 2. The number of benzene rings is 1. The number of carbonyl (C=O) groups excluding carboxylic acids is 1. The first-order valence-electron chi connectivity index (χ1n) is 7.18. The largest absolute Gasteiger partial charge is 0.490 e. The molecule has 0 aliphatic rings. The number of amides is 1. The predicted octanol–water partition coefficient (Wildman–Crippen LogP) is 2.33. The van der Waals surface area contributed by atoms with Gasteiger partial charge in [0.25, 0.3) is 5.91 Å².